The molecule has 1 rings (SSSR count). The molecule has 0 saturated carbocycles. The summed E-state index contributed by atoms with van der Waals surface area (Å²) in [6, 6.07) is 0.223. The van der Waals surface area contributed by atoms with Gasteiger partial charge in [0.05, 0.1) is 17.6 Å². The second-order valence-corrected chi connectivity index (χ2v) is 9.49. The van der Waals surface area contributed by atoms with E-state index in [4.69, 9.17) is 0 Å². The minimum absolute atomic E-state index is 0. The lowest BCUT2D eigenvalue weighted by molar-refractivity contribution is -0.129. The number of nitrogens with zero attached hydrogens (tertiary/aromatic N) is 1. The van der Waals surface area contributed by atoms with Gasteiger partial charge in [0.15, 0.2) is 11.6 Å². The van der Waals surface area contributed by atoms with Gasteiger partial charge in [0.1, 0.15) is 0 Å². The van der Waals surface area contributed by atoms with E-state index in [0.717, 1.165) is 45.2 Å². The van der Waals surface area contributed by atoms with E-state index in [0.29, 0.717) is 0 Å². The van der Waals surface area contributed by atoms with Gasteiger partial charge in [0.2, 0.25) is 0 Å². The molecule has 0 spiro atoms. The van der Waals surface area contributed by atoms with E-state index in [2.05, 4.69) is 48.6 Å². The monoisotopic (exact) mass is 461 g/mol. The Kier molecular flexibility index (Phi) is 15.6. The van der Waals surface area contributed by atoms with Gasteiger partial charge in [0, 0.05) is 18.5 Å². The number of hydrogen-bond donors (Lipinski definition) is 2. The predicted molar refractivity (Wildman–Crippen MR) is 138 cm³/mol. The van der Waals surface area contributed by atoms with E-state index in [1.807, 2.05) is 27.7 Å². The molecule has 0 amide bonds. The summed E-state index contributed by atoms with van der Waals surface area (Å²) < 4.78 is 0. The normalized spacial score (nSPS) is 27.7. The van der Waals surface area contributed by atoms with Crippen LogP contribution in [-0.4, -0.2) is 60.3 Å². The van der Waals surface area contributed by atoms with Crippen LogP contribution in [0.5, 0.6) is 0 Å². The summed E-state index contributed by atoms with van der Waals surface area (Å²) in [7, 11) is 2.12. The zero-order valence-electron chi connectivity index (χ0n) is 20.2. The van der Waals surface area contributed by atoms with Gasteiger partial charge in [-0.15, -0.1) is 0 Å². The van der Waals surface area contributed by atoms with E-state index >= 15 is 0 Å². The maximum absolute atomic E-state index is 13.2. The SMILES string of the molecule is CC(C)N[C@@]1(C)CCCN(C)CC=CCCC[C@@](C)(C(=O)C(C)C)NCC1=O.S.S. The molecule has 0 aromatic carbocycles. The number of Topliss-reactive ketones (excluding diaryl/α,β-unsaturated/α-hetero) is 2. The summed E-state index contributed by atoms with van der Waals surface area (Å²) in [4.78, 5) is 28.4. The Labute approximate surface area is 199 Å². The molecule has 0 unspecified atom stereocenters. The number of carbonyl (C=O) groups is 2. The average molecular weight is 462 g/mol. The summed E-state index contributed by atoms with van der Waals surface area (Å²) >= 11 is 0. The number of rotatable bonds is 4. The van der Waals surface area contributed by atoms with Crippen LogP contribution in [0.15, 0.2) is 12.2 Å². The lowest BCUT2D eigenvalue weighted by Crippen LogP contribution is -2.59. The Balaban J connectivity index is 0. The van der Waals surface area contributed by atoms with Crippen molar-refractivity contribution in [2.24, 2.45) is 5.92 Å². The molecule has 2 N–H and O–H groups in total. The van der Waals surface area contributed by atoms with Crippen LogP contribution in [0.3, 0.4) is 0 Å². The topological polar surface area (TPSA) is 61.4 Å². The third-order valence-corrected chi connectivity index (χ3v) is 5.78. The van der Waals surface area contributed by atoms with Gasteiger partial charge in [-0.25, -0.2) is 0 Å². The molecule has 0 radical (unpaired) electrons. The van der Waals surface area contributed by atoms with Crippen LogP contribution in [0.1, 0.15) is 73.6 Å². The maximum Gasteiger partial charge on any atom is 0.166 e. The van der Waals surface area contributed by atoms with Gasteiger partial charge in [0.25, 0.3) is 0 Å². The molecular weight excluding hydrogens is 414 g/mol. The molecule has 1 heterocycles. The highest BCUT2D eigenvalue weighted by atomic mass is 32.1. The lowest BCUT2D eigenvalue weighted by atomic mass is 9.83. The first-order valence-electron chi connectivity index (χ1n) is 10.9. The third-order valence-electron chi connectivity index (χ3n) is 5.78. The van der Waals surface area contributed by atoms with Crippen LogP contribution in [-0.2, 0) is 9.59 Å². The summed E-state index contributed by atoms with van der Waals surface area (Å²) in [6.45, 7) is 14.1. The zero-order valence-corrected chi connectivity index (χ0v) is 22.2. The molecule has 30 heavy (non-hydrogen) atoms. The summed E-state index contributed by atoms with van der Waals surface area (Å²) in [5.74, 6) is 0.269. The lowest BCUT2D eigenvalue weighted by Gasteiger charge is -2.35. The highest BCUT2D eigenvalue weighted by molar-refractivity contribution is 7.59. The number of carbonyl (C=O) groups excluding carboxylic acids is 2. The van der Waals surface area contributed by atoms with Gasteiger partial charge in [-0.05, 0) is 73.4 Å². The van der Waals surface area contributed by atoms with Crippen molar-refractivity contribution in [3.8, 4) is 0 Å². The van der Waals surface area contributed by atoms with Crippen LogP contribution in [0.2, 0.25) is 0 Å². The first-order chi connectivity index (χ1) is 13.0. The van der Waals surface area contributed by atoms with Gasteiger partial charge in [-0.3, -0.25) is 14.9 Å². The van der Waals surface area contributed by atoms with Crippen LogP contribution >= 0.6 is 27.0 Å². The molecule has 178 valence electrons. The minimum atomic E-state index is -0.659. The molecule has 7 heteroatoms. The highest BCUT2D eigenvalue weighted by Gasteiger charge is 2.37. The third kappa shape index (κ3) is 10.3. The smallest absolute Gasteiger partial charge is 0.166 e. The molecule has 5 nitrogen and oxygen atoms in total. The Morgan fingerprint density at radius 2 is 1.73 bits per heavy atom. The summed E-state index contributed by atoms with van der Waals surface area (Å²) in [5.41, 5.74) is -1.24. The molecule has 2 atom stereocenters. The van der Waals surface area contributed by atoms with Gasteiger partial charge in [-0.1, -0.05) is 26.0 Å². The Bertz CT molecular complexity index is 555. The Hall–Kier alpha value is -0.340. The molecule has 0 aliphatic carbocycles. The Morgan fingerprint density at radius 1 is 1.10 bits per heavy atom. The molecule has 0 fully saturated rings. The van der Waals surface area contributed by atoms with Crippen molar-refractivity contribution < 1.29 is 9.59 Å². The molecule has 0 saturated heterocycles. The van der Waals surface area contributed by atoms with Crippen molar-refractivity contribution in [3.63, 3.8) is 0 Å². The second kappa shape index (κ2) is 14.7. The number of allylic oxidation sites excluding steroid dienone is 1. The van der Waals surface area contributed by atoms with E-state index in [-0.39, 0.29) is 57.1 Å². The van der Waals surface area contributed by atoms with E-state index in [9.17, 15) is 9.59 Å². The highest BCUT2D eigenvalue weighted by Crippen LogP contribution is 2.22. The number of ketones is 2. The molecule has 1 aliphatic heterocycles. The molecule has 0 aromatic rings. The predicted octanol–water partition coefficient (Wildman–Crippen LogP) is 3.56. The summed E-state index contributed by atoms with van der Waals surface area (Å²) in [5, 5.41) is 6.85. The second-order valence-electron chi connectivity index (χ2n) is 9.49. The number of hydrogen-bond acceptors (Lipinski definition) is 5. The average Bonchev–Trinajstić information content (AvgIpc) is 2.60. The molecule has 0 aromatic heterocycles. The van der Waals surface area contributed by atoms with Gasteiger partial charge in [-0.2, -0.15) is 27.0 Å². The number of likely N-dealkylation sites (N-methyl/N-ethyl adjacent to an activating group) is 1. The van der Waals surface area contributed by atoms with Crippen molar-refractivity contribution in [2.45, 2.75) is 90.8 Å². The van der Waals surface area contributed by atoms with Gasteiger partial charge >= 0.3 is 0 Å². The summed E-state index contributed by atoms with van der Waals surface area (Å²) in [6.07, 6.45) is 8.79. The van der Waals surface area contributed by atoms with Crippen LogP contribution < -0.4 is 10.6 Å². The van der Waals surface area contributed by atoms with E-state index in [1.54, 1.807) is 0 Å². The first-order valence-corrected chi connectivity index (χ1v) is 10.9. The fourth-order valence-electron chi connectivity index (χ4n) is 4.08. The van der Waals surface area contributed by atoms with Crippen LogP contribution in [0.25, 0.3) is 0 Å². The largest absolute Gasteiger partial charge is 0.303 e. The number of nitrogens with one attached hydrogen (secondary N) is 2. The maximum atomic E-state index is 13.2. The van der Waals surface area contributed by atoms with Gasteiger partial charge < -0.3 is 10.2 Å². The van der Waals surface area contributed by atoms with Crippen molar-refractivity contribution in [2.75, 3.05) is 26.7 Å². The Morgan fingerprint density at radius 3 is 2.30 bits per heavy atom. The van der Waals surface area contributed by atoms with E-state index < -0.39 is 11.1 Å². The molecular formula is C23H47N3O2S2. The van der Waals surface area contributed by atoms with E-state index in [1.165, 1.54) is 0 Å². The standard InChI is InChI=1S/C23H43N3O2.2H2S/c1-18(2)21(28)23(6)13-10-8-9-11-15-26(7)16-12-14-22(5,25-19(3)4)20(27)17-24-23;;/h9,11,18-19,24-25H,8,10,12-17H2,1-7H3;2*1H2/t22-,23-;;/m0../s1. The quantitative estimate of drug-likeness (QED) is 0.627. The molecule has 1 aliphatic rings. The van der Waals surface area contributed by atoms with Crippen LogP contribution in [0, 0.1) is 5.92 Å². The van der Waals surface area contributed by atoms with Crippen molar-refractivity contribution >= 4 is 38.6 Å². The zero-order chi connectivity index (χ0) is 21.4. The van der Waals surface area contributed by atoms with Crippen molar-refractivity contribution in [3.05, 3.63) is 12.2 Å². The minimum Gasteiger partial charge on any atom is -0.303 e. The van der Waals surface area contributed by atoms with Crippen molar-refractivity contribution in [1.29, 1.82) is 0 Å². The molecule has 0 bridgehead atoms. The first kappa shape index (κ1) is 31.8. The van der Waals surface area contributed by atoms with Crippen molar-refractivity contribution in [1.82, 2.24) is 15.5 Å². The van der Waals surface area contributed by atoms with Crippen LogP contribution in [0.4, 0.5) is 0 Å². The fraction of sp³-hybridized carbons (Fsp3) is 0.826. The fourth-order valence-corrected chi connectivity index (χ4v) is 4.08.